The molecule has 22 heavy (non-hydrogen) atoms. The van der Waals surface area contributed by atoms with Crippen molar-refractivity contribution >= 4 is 23.3 Å². The van der Waals surface area contributed by atoms with E-state index >= 15 is 0 Å². The van der Waals surface area contributed by atoms with Gasteiger partial charge in [-0.1, -0.05) is 18.2 Å². The first-order valence-corrected chi connectivity index (χ1v) is 6.63. The molecule has 3 rings (SSSR count). The molecule has 7 nitrogen and oxygen atoms in total. The van der Waals surface area contributed by atoms with E-state index in [2.05, 4.69) is 10.1 Å². The number of nitrogens with zero attached hydrogens (tertiary/aromatic N) is 4. The molecule has 0 radical (unpaired) electrons. The summed E-state index contributed by atoms with van der Waals surface area (Å²) >= 11 is 0. The van der Waals surface area contributed by atoms with Gasteiger partial charge >= 0.3 is 5.97 Å². The lowest BCUT2D eigenvalue weighted by Crippen LogP contribution is -2.11. The molecule has 0 saturated heterocycles. The minimum atomic E-state index is -1.02. The van der Waals surface area contributed by atoms with Crippen molar-refractivity contribution < 1.29 is 9.90 Å². The Labute approximate surface area is 126 Å². The molecular formula is C15H15N5O2. The van der Waals surface area contributed by atoms with Crippen molar-refractivity contribution in [2.24, 2.45) is 0 Å². The van der Waals surface area contributed by atoms with Crippen molar-refractivity contribution in [3.8, 4) is 11.1 Å². The fraction of sp³-hybridized carbons (Fsp3) is 0.133. The number of hydrogen-bond acceptors (Lipinski definition) is 5. The average Bonchev–Trinajstić information content (AvgIpc) is 2.84. The van der Waals surface area contributed by atoms with Crippen LogP contribution in [0.25, 0.3) is 16.8 Å². The van der Waals surface area contributed by atoms with Gasteiger partial charge in [0.1, 0.15) is 0 Å². The largest absolute Gasteiger partial charge is 0.478 e. The summed E-state index contributed by atoms with van der Waals surface area (Å²) in [5.74, 6) is -0.915. The van der Waals surface area contributed by atoms with Gasteiger partial charge in [0.25, 0.3) is 0 Å². The van der Waals surface area contributed by atoms with E-state index in [-0.39, 0.29) is 11.5 Å². The molecule has 0 aliphatic rings. The Bertz CT molecular complexity index is 869. The van der Waals surface area contributed by atoms with Crippen molar-refractivity contribution in [1.82, 2.24) is 14.6 Å². The van der Waals surface area contributed by atoms with Crippen molar-refractivity contribution in [2.75, 3.05) is 24.7 Å². The molecule has 0 bridgehead atoms. The first kappa shape index (κ1) is 13.9. The van der Waals surface area contributed by atoms with Crippen LogP contribution in [0.1, 0.15) is 10.4 Å². The molecule has 0 saturated carbocycles. The second-order valence-electron chi connectivity index (χ2n) is 5.09. The van der Waals surface area contributed by atoms with Crippen LogP contribution < -0.4 is 10.6 Å². The quantitative estimate of drug-likeness (QED) is 0.764. The van der Waals surface area contributed by atoms with Gasteiger partial charge in [0, 0.05) is 37.1 Å². The first-order valence-electron chi connectivity index (χ1n) is 6.63. The van der Waals surface area contributed by atoms with Crippen LogP contribution in [0.2, 0.25) is 0 Å². The number of hydrogen-bond donors (Lipinski definition) is 2. The molecule has 112 valence electrons. The summed E-state index contributed by atoms with van der Waals surface area (Å²) in [7, 11) is 3.82. The predicted octanol–water partition coefficient (Wildman–Crippen LogP) is 1.74. The number of aromatic carboxylic acids is 1. The molecular weight excluding hydrogens is 282 g/mol. The lowest BCUT2D eigenvalue weighted by Gasteiger charge is -2.18. The molecule has 0 atom stereocenters. The highest BCUT2D eigenvalue weighted by Gasteiger charge is 2.18. The van der Waals surface area contributed by atoms with Gasteiger partial charge in [0.05, 0.1) is 5.56 Å². The molecule has 0 aliphatic heterocycles. The van der Waals surface area contributed by atoms with Crippen LogP contribution in [0, 0.1) is 0 Å². The van der Waals surface area contributed by atoms with Crippen LogP contribution in [0.4, 0.5) is 11.6 Å². The third-order valence-corrected chi connectivity index (χ3v) is 3.40. The minimum Gasteiger partial charge on any atom is -0.478 e. The second kappa shape index (κ2) is 5.03. The Morgan fingerprint density at radius 1 is 1.27 bits per heavy atom. The van der Waals surface area contributed by atoms with E-state index in [0.717, 1.165) is 11.3 Å². The Morgan fingerprint density at radius 3 is 2.68 bits per heavy atom. The maximum atomic E-state index is 11.6. The topological polar surface area (TPSA) is 96.8 Å². The molecule has 0 spiro atoms. The number of carbonyl (C=O) groups is 1. The highest BCUT2D eigenvalue weighted by molar-refractivity contribution is 5.99. The molecule has 0 unspecified atom stereocenters. The molecule has 1 aromatic carbocycles. The maximum absolute atomic E-state index is 11.6. The number of pyridine rings is 1. The Morgan fingerprint density at radius 2 is 2.00 bits per heavy atom. The Kier molecular flexibility index (Phi) is 3.17. The summed E-state index contributed by atoms with van der Waals surface area (Å²) in [5.41, 5.74) is 8.43. The number of nitrogens with two attached hydrogens (primary N) is 1. The van der Waals surface area contributed by atoms with E-state index in [4.69, 9.17) is 5.73 Å². The summed E-state index contributed by atoms with van der Waals surface area (Å²) in [5, 5.41) is 13.6. The minimum absolute atomic E-state index is 0.106. The lowest BCUT2D eigenvalue weighted by atomic mass is 10.00. The van der Waals surface area contributed by atoms with E-state index in [1.54, 1.807) is 6.20 Å². The number of anilines is 2. The number of aromatic nitrogens is 3. The zero-order chi connectivity index (χ0) is 15.9. The number of benzene rings is 1. The van der Waals surface area contributed by atoms with Crippen molar-refractivity contribution in [1.29, 1.82) is 0 Å². The zero-order valence-corrected chi connectivity index (χ0v) is 12.2. The van der Waals surface area contributed by atoms with E-state index in [9.17, 15) is 9.90 Å². The zero-order valence-electron chi connectivity index (χ0n) is 12.2. The average molecular weight is 297 g/mol. The molecule has 2 aromatic heterocycles. The number of para-hydroxylation sites is 1. The van der Waals surface area contributed by atoms with Gasteiger partial charge in [0.2, 0.25) is 5.95 Å². The van der Waals surface area contributed by atoms with Crippen molar-refractivity contribution in [3.05, 3.63) is 42.1 Å². The van der Waals surface area contributed by atoms with E-state index in [1.165, 1.54) is 10.6 Å². The van der Waals surface area contributed by atoms with Crippen LogP contribution in [-0.2, 0) is 0 Å². The Balaban J connectivity index is 2.34. The summed E-state index contributed by atoms with van der Waals surface area (Å²) < 4.78 is 1.49. The molecule has 7 heteroatoms. The van der Waals surface area contributed by atoms with Gasteiger partial charge in [-0.05, 0) is 12.1 Å². The Hall–Kier alpha value is -3.09. The normalized spacial score (nSPS) is 10.8. The van der Waals surface area contributed by atoms with E-state index in [1.807, 2.05) is 43.3 Å². The van der Waals surface area contributed by atoms with Crippen molar-refractivity contribution in [2.45, 2.75) is 0 Å². The molecule has 0 fully saturated rings. The number of rotatable bonds is 3. The van der Waals surface area contributed by atoms with Gasteiger partial charge in [-0.15, -0.1) is 5.10 Å². The van der Waals surface area contributed by atoms with E-state index < -0.39 is 5.97 Å². The predicted molar refractivity (Wildman–Crippen MR) is 84.1 cm³/mol. The standard InChI is InChI=1S/C15H15N5O2/c1-19(2)12-6-4-3-5-9(12)11-8-20-13(17-15(16)18-20)7-10(11)14(21)22/h3-8H,1-2H3,(H2,16,18)(H,21,22). The van der Waals surface area contributed by atoms with Crippen LogP contribution >= 0.6 is 0 Å². The molecule has 0 amide bonds. The smallest absolute Gasteiger partial charge is 0.336 e. The molecule has 3 aromatic rings. The first-order chi connectivity index (χ1) is 10.5. The highest BCUT2D eigenvalue weighted by atomic mass is 16.4. The SMILES string of the molecule is CN(C)c1ccccc1-c1cn2nc(N)nc2cc1C(=O)O. The molecule has 0 aliphatic carbocycles. The van der Waals surface area contributed by atoms with Gasteiger partial charge in [-0.3, -0.25) is 0 Å². The molecule has 3 N–H and O–H groups in total. The number of carboxylic acids is 1. The number of nitrogen functional groups attached to an aromatic ring is 1. The van der Waals surface area contributed by atoms with Crippen LogP contribution in [0.3, 0.4) is 0 Å². The third kappa shape index (κ3) is 2.22. The third-order valence-electron chi connectivity index (χ3n) is 3.40. The van der Waals surface area contributed by atoms with Crippen LogP contribution in [-0.4, -0.2) is 39.8 Å². The number of carboxylic acid groups (broad SMARTS) is 1. The number of fused-ring (bicyclic) bond motifs is 1. The van der Waals surface area contributed by atoms with Gasteiger partial charge in [-0.2, -0.15) is 4.98 Å². The summed E-state index contributed by atoms with van der Waals surface area (Å²) in [6.07, 6.45) is 1.64. The van der Waals surface area contributed by atoms with Gasteiger partial charge in [-0.25, -0.2) is 9.31 Å². The summed E-state index contributed by atoms with van der Waals surface area (Å²) in [6, 6.07) is 9.07. The van der Waals surface area contributed by atoms with Gasteiger partial charge < -0.3 is 15.7 Å². The van der Waals surface area contributed by atoms with Gasteiger partial charge in [0.15, 0.2) is 5.65 Å². The second-order valence-corrected chi connectivity index (χ2v) is 5.09. The maximum Gasteiger partial charge on any atom is 0.336 e. The molecule has 2 heterocycles. The van der Waals surface area contributed by atoms with Crippen LogP contribution in [0.5, 0.6) is 0 Å². The fourth-order valence-corrected chi connectivity index (χ4v) is 2.43. The lowest BCUT2D eigenvalue weighted by molar-refractivity contribution is 0.0697. The fourth-order valence-electron chi connectivity index (χ4n) is 2.43. The van der Waals surface area contributed by atoms with Crippen LogP contribution in [0.15, 0.2) is 36.5 Å². The summed E-state index contributed by atoms with van der Waals surface area (Å²) in [6.45, 7) is 0. The highest BCUT2D eigenvalue weighted by Crippen LogP contribution is 2.32. The summed E-state index contributed by atoms with van der Waals surface area (Å²) in [4.78, 5) is 17.6. The monoisotopic (exact) mass is 297 g/mol. The van der Waals surface area contributed by atoms with E-state index in [0.29, 0.717) is 11.2 Å². The van der Waals surface area contributed by atoms with Crippen molar-refractivity contribution in [3.63, 3.8) is 0 Å².